The summed E-state index contributed by atoms with van der Waals surface area (Å²) in [5.74, 6) is -0.584. The average Bonchev–Trinajstić information content (AvgIpc) is 2.65. The molecule has 3 rings (SSSR count). The molecule has 2 aliphatic heterocycles. The SMILES string of the molecule is CC1(C)O[C@@H]2[C@H](O)CN(Cc3ccccc3)C[C@@H]2O1. The minimum Gasteiger partial charge on any atom is -0.389 e. The molecule has 0 amide bonds. The third-order valence-corrected chi connectivity index (χ3v) is 3.73. The second kappa shape index (κ2) is 4.87. The van der Waals surface area contributed by atoms with Gasteiger partial charge in [0.15, 0.2) is 5.79 Å². The van der Waals surface area contributed by atoms with Gasteiger partial charge in [-0.1, -0.05) is 30.3 Å². The van der Waals surface area contributed by atoms with Gasteiger partial charge in [-0.05, 0) is 19.4 Å². The molecule has 4 nitrogen and oxygen atoms in total. The quantitative estimate of drug-likeness (QED) is 0.875. The highest BCUT2D eigenvalue weighted by molar-refractivity contribution is 5.14. The van der Waals surface area contributed by atoms with Gasteiger partial charge in [0.1, 0.15) is 12.2 Å². The monoisotopic (exact) mass is 263 g/mol. The Balaban J connectivity index is 1.67. The van der Waals surface area contributed by atoms with Crippen LogP contribution in [0.3, 0.4) is 0 Å². The molecule has 0 radical (unpaired) electrons. The minimum absolute atomic E-state index is 0.0394. The highest BCUT2D eigenvalue weighted by atomic mass is 16.8. The first kappa shape index (κ1) is 13.1. The zero-order valence-corrected chi connectivity index (χ0v) is 11.5. The summed E-state index contributed by atoms with van der Waals surface area (Å²) < 4.78 is 11.6. The normalized spacial score (nSPS) is 34.2. The third kappa shape index (κ3) is 2.82. The van der Waals surface area contributed by atoms with E-state index in [0.717, 1.165) is 13.1 Å². The van der Waals surface area contributed by atoms with Crippen LogP contribution in [0.15, 0.2) is 30.3 Å². The van der Waals surface area contributed by atoms with Gasteiger partial charge < -0.3 is 14.6 Å². The topological polar surface area (TPSA) is 41.9 Å². The molecule has 104 valence electrons. The largest absolute Gasteiger partial charge is 0.389 e. The summed E-state index contributed by atoms with van der Waals surface area (Å²) in [7, 11) is 0. The lowest BCUT2D eigenvalue weighted by atomic mass is 10.0. The molecule has 1 aromatic rings. The number of piperidine rings is 1. The van der Waals surface area contributed by atoms with Gasteiger partial charge in [-0.3, -0.25) is 4.90 Å². The molecule has 3 atom stereocenters. The van der Waals surface area contributed by atoms with E-state index in [1.165, 1.54) is 5.56 Å². The minimum atomic E-state index is -0.584. The first-order valence-corrected chi connectivity index (χ1v) is 6.83. The molecule has 1 N–H and O–H groups in total. The van der Waals surface area contributed by atoms with E-state index in [4.69, 9.17) is 9.47 Å². The number of aliphatic hydroxyl groups is 1. The molecule has 1 aromatic carbocycles. The van der Waals surface area contributed by atoms with Crippen LogP contribution in [0.4, 0.5) is 0 Å². The zero-order chi connectivity index (χ0) is 13.5. The second-order valence-electron chi connectivity index (χ2n) is 5.89. The molecule has 0 spiro atoms. The highest BCUT2D eigenvalue weighted by Gasteiger charge is 2.48. The number of likely N-dealkylation sites (tertiary alicyclic amines) is 1. The van der Waals surface area contributed by atoms with Crippen molar-refractivity contribution < 1.29 is 14.6 Å². The molecular weight excluding hydrogens is 242 g/mol. The molecular formula is C15H21NO3. The summed E-state index contributed by atoms with van der Waals surface area (Å²) in [4.78, 5) is 2.23. The number of hydrogen-bond donors (Lipinski definition) is 1. The van der Waals surface area contributed by atoms with Gasteiger partial charge in [0.2, 0.25) is 0 Å². The van der Waals surface area contributed by atoms with Crippen LogP contribution in [0.2, 0.25) is 0 Å². The van der Waals surface area contributed by atoms with Gasteiger partial charge in [0, 0.05) is 19.6 Å². The van der Waals surface area contributed by atoms with Crippen LogP contribution in [-0.4, -0.2) is 47.2 Å². The molecule has 2 fully saturated rings. The van der Waals surface area contributed by atoms with Crippen molar-refractivity contribution in [3.8, 4) is 0 Å². The van der Waals surface area contributed by atoms with Gasteiger partial charge in [-0.15, -0.1) is 0 Å². The fourth-order valence-electron chi connectivity index (χ4n) is 3.00. The lowest BCUT2D eigenvalue weighted by molar-refractivity contribution is -0.152. The van der Waals surface area contributed by atoms with Crippen LogP contribution in [0.25, 0.3) is 0 Å². The Bertz CT molecular complexity index is 434. The Kier molecular flexibility index (Phi) is 3.35. The molecule has 2 aliphatic rings. The lowest BCUT2D eigenvalue weighted by Gasteiger charge is -2.36. The maximum atomic E-state index is 10.2. The van der Waals surface area contributed by atoms with Gasteiger partial charge in [-0.2, -0.15) is 0 Å². The van der Waals surface area contributed by atoms with Gasteiger partial charge in [-0.25, -0.2) is 0 Å². The van der Waals surface area contributed by atoms with E-state index in [2.05, 4.69) is 17.0 Å². The number of fused-ring (bicyclic) bond motifs is 1. The summed E-state index contributed by atoms with van der Waals surface area (Å²) in [5, 5.41) is 10.2. The Morgan fingerprint density at radius 3 is 2.68 bits per heavy atom. The molecule has 2 heterocycles. The predicted octanol–water partition coefficient (Wildman–Crippen LogP) is 1.38. The third-order valence-electron chi connectivity index (χ3n) is 3.73. The van der Waals surface area contributed by atoms with E-state index in [0.29, 0.717) is 6.54 Å². The molecule has 19 heavy (non-hydrogen) atoms. The predicted molar refractivity (Wildman–Crippen MR) is 71.6 cm³/mol. The number of β-amino-alcohol motifs (C(OH)–C–C–N with tert-alkyl or cyclic N) is 1. The highest BCUT2D eigenvalue weighted by Crippen LogP contribution is 2.33. The van der Waals surface area contributed by atoms with Gasteiger partial charge >= 0.3 is 0 Å². The van der Waals surface area contributed by atoms with E-state index < -0.39 is 11.9 Å². The van der Waals surface area contributed by atoms with Crippen LogP contribution >= 0.6 is 0 Å². The average molecular weight is 263 g/mol. The van der Waals surface area contributed by atoms with Crippen LogP contribution in [0.5, 0.6) is 0 Å². The standard InChI is InChI=1S/C15H21NO3/c1-15(2)18-13-10-16(9-12(17)14(13)19-15)8-11-6-4-3-5-7-11/h3-7,12-14,17H,8-10H2,1-2H3/t12-,13+,14-/m1/s1. The summed E-state index contributed by atoms with van der Waals surface area (Å²) in [6.45, 7) is 6.08. The fraction of sp³-hybridized carbons (Fsp3) is 0.600. The van der Waals surface area contributed by atoms with E-state index in [9.17, 15) is 5.11 Å². The molecule has 0 unspecified atom stereocenters. The molecule has 2 saturated heterocycles. The van der Waals surface area contributed by atoms with Crippen molar-refractivity contribution in [3.05, 3.63) is 35.9 Å². The van der Waals surface area contributed by atoms with Crippen LogP contribution in [0, 0.1) is 0 Å². The fourth-order valence-corrected chi connectivity index (χ4v) is 3.00. The van der Waals surface area contributed by atoms with Crippen molar-refractivity contribution in [2.45, 2.75) is 44.5 Å². The van der Waals surface area contributed by atoms with Crippen molar-refractivity contribution in [1.82, 2.24) is 4.90 Å². The van der Waals surface area contributed by atoms with Crippen molar-refractivity contribution in [3.63, 3.8) is 0 Å². The number of benzene rings is 1. The summed E-state index contributed by atoms with van der Waals surface area (Å²) in [6.07, 6.45) is -0.714. The zero-order valence-electron chi connectivity index (χ0n) is 11.5. The molecule has 0 saturated carbocycles. The lowest BCUT2D eigenvalue weighted by Crippen LogP contribution is -2.53. The molecule has 0 bridgehead atoms. The van der Waals surface area contributed by atoms with Crippen molar-refractivity contribution in [2.75, 3.05) is 13.1 Å². The molecule has 0 aromatic heterocycles. The van der Waals surface area contributed by atoms with Crippen molar-refractivity contribution in [2.24, 2.45) is 0 Å². The van der Waals surface area contributed by atoms with Crippen molar-refractivity contribution in [1.29, 1.82) is 0 Å². The van der Waals surface area contributed by atoms with Crippen molar-refractivity contribution >= 4 is 0 Å². The van der Waals surface area contributed by atoms with Crippen LogP contribution in [0.1, 0.15) is 19.4 Å². The summed E-state index contributed by atoms with van der Waals surface area (Å²) in [6, 6.07) is 10.3. The number of aliphatic hydroxyl groups excluding tert-OH is 1. The Labute approximate surface area is 113 Å². The smallest absolute Gasteiger partial charge is 0.163 e. The summed E-state index contributed by atoms with van der Waals surface area (Å²) in [5.41, 5.74) is 1.26. The molecule has 4 heteroatoms. The summed E-state index contributed by atoms with van der Waals surface area (Å²) >= 11 is 0. The number of hydrogen-bond acceptors (Lipinski definition) is 4. The van der Waals surface area contributed by atoms with E-state index in [1.54, 1.807) is 0 Å². The van der Waals surface area contributed by atoms with Gasteiger partial charge in [0.05, 0.1) is 6.10 Å². The van der Waals surface area contributed by atoms with E-state index in [-0.39, 0.29) is 12.2 Å². The van der Waals surface area contributed by atoms with E-state index >= 15 is 0 Å². The molecule has 0 aliphatic carbocycles. The number of nitrogens with zero attached hydrogens (tertiary/aromatic N) is 1. The maximum absolute atomic E-state index is 10.2. The second-order valence-corrected chi connectivity index (χ2v) is 5.89. The van der Waals surface area contributed by atoms with Crippen LogP contribution in [-0.2, 0) is 16.0 Å². The Morgan fingerprint density at radius 1 is 1.21 bits per heavy atom. The Morgan fingerprint density at radius 2 is 1.95 bits per heavy atom. The van der Waals surface area contributed by atoms with Gasteiger partial charge in [0.25, 0.3) is 0 Å². The first-order valence-electron chi connectivity index (χ1n) is 6.83. The van der Waals surface area contributed by atoms with Crippen LogP contribution < -0.4 is 0 Å². The van der Waals surface area contributed by atoms with E-state index in [1.807, 2.05) is 32.0 Å². The Hall–Kier alpha value is -0.940. The number of ether oxygens (including phenoxy) is 2. The first-order chi connectivity index (χ1) is 9.03. The number of rotatable bonds is 2. The maximum Gasteiger partial charge on any atom is 0.163 e.